The Balaban J connectivity index is 1.49. The molecule has 2 atom stereocenters. The fourth-order valence-electron chi connectivity index (χ4n) is 3.61. The van der Waals surface area contributed by atoms with Crippen molar-refractivity contribution in [2.75, 3.05) is 25.5 Å². The van der Waals surface area contributed by atoms with Crippen LogP contribution in [-0.4, -0.2) is 57.0 Å². The van der Waals surface area contributed by atoms with E-state index in [-0.39, 0.29) is 6.04 Å². The first-order chi connectivity index (χ1) is 13.7. The summed E-state index contributed by atoms with van der Waals surface area (Å²) in [5, 5.41) is 10.7. The molecule has 146 valence electrons. The molecule has 1 saturated carbocycles. The van der Waals surface area contributed by atoms with Crippen LogP contribution in [0.3, 0.4) is 0 Å². The molecule has 9 heteroatoms. The Hall–Kier alpha value is -2.81. The summed E-state index contributed by atoms with van der Waals surface area (Å²) >= 11 is 0. The molecule has 0 radical (unpaired) electrons. The lowest BCUT2D eigenvalue weighted by atomic mass is 10.1. The lowest BCUT2D eigenvalue weighted by molar-refractivity contribution is 0.240. The third-order valence-corrected chi connectivity index (χ3v) is 5.32. The number of piperidine rings is 1. The topological polar surface area (TPSA) is 89.3 Å². The Labute approximate surface area is 161 Å². The molecular formula is C19H22FN7O. The maximum atomic E-state index is 14.1. The molecule has 4 heterocycles. The molecule has 2 aliphatic rings. The molecule has 0 amide bonds. The van der Waals surface area contributed by atoms with Crippen molar-refractivity contribution in [3.05, 3.63) is 30.4 Å². The van der Waals surface area contributed by atoms with Gasteiger partial charge in [-0.15, -0.1) is 0 Å². The summed E-state index contributed by atoms with van der Waals surface area (Å²) in [5.74, 6) is 1.61. The Bertz CT molecular complexity index is 1000. The van der Waals surface area contributed by atoms with Crippen LogP contribution in [0.1, 0.15) is 30.9 Å². The van der Waals surface area contributed by atoms with Crippen molar-refractivity contribution in [2.24, 2.45) is 0 Å². The predicted molar refractivity (Wildman–Crippen MR) is 102 cm³/mol. The number of anilines is 1. The monoisotopic (exact) mass is 383 g/mol. The molecule has 0 aromatic carbocycles. The summed E-state index contributed by atoms with van der Waals surface area (Å²) in [6.45, 7) is 1.25. The molecule has 5 rings (SSSR count). The molecule has 2 N–H and O–H groups in total. The molecule has 1 aliphatic carbocycles. The number of nitrogens with zero attached hydrogens (tertiary/aromatic N) is 5. The van der Waals surface area contributed by atoms with Crippen molar-refractivity contribution in [2.45, 2.75) is 37.4 Å². The van der Waals surface area contributed by atoms with E-state index in [1.54, 1.807) is 24.0 Å². The van der Waals surface area contributed by atoms with Gasteiger partial charge in [0, 0.05) is 18.7 Å². The van der Waals surface area contributed by atoms with Gasteiger partial charge in [-0.05, 0) is 31.9 Å². The van der Waals surface area contributed by atoms with Crippen LogP contribution in [0.2, 0.25) is 0 Å². The minimum atomic E-state index is -0.916. The van der Waals surface area contributed by atoms with Crippen LogP contribution in [0.25, 0.3) is 16.9 Å². The van der Waals surface area contributed by atoms with Crippen LogP contribution in [0.5, 0.6) is 5.75 Å². The summed E-state index contributed by atoms with van der Waals surface area (Å²) in [5.41, 5.74) is 3.22. The number of halogens is 1. The molecule has 28 heavy (non-hydrogen) atoms. The van der Waals surface area contributed by atoms with Gasteiger partial charge >= 0.3 is 0 Å². The summed E-state index contributed by atoms with van der Waals surface area (Å²) in [6, 6.07) is 1.48. The van der Waals surface area contributed by atoms with E-state index in [4.69, 9.17) is 9.72 Å². The van der Waals surface area contributed by atoms with E-state index in [0.717, 1.165) is 35.5 Å². The highest BCUT2D eigenvalue weighted by atomic mass is 19.1. The molecule has 2 fully saturated rings. The summed E-state index contributed by atoms with van der Waals surface area (Å²) < 4.78 is 21.3. The maximum absolute atomic E-state index is 14.1. The molecule has 0 bridgehead atoms. The molecule has 3 aromatic rings. The second-order valence-corrected chi connectivity index (χ2v) is 7.32. The van der Waals surface area contributed by atoms with Crippen molar-refractivity contribution in [3.8, 4) is 17.0 Å². The zero-order valence-corrected chi connectivity index (χ0v) is 15.6. The van der Waals surface area contributed by atoms with E-state index < -0.39 is 6.17 Å². The van der Waals surface area contributed by atoms with Gasteiger partial charge in [0.1, 0.15) is 6.17 Å². The third kappa shape index (κ3) is 3.15. The van der Waals surface area contributed by atoms with Gasteiger partial charge in [-0.1, -0.05) is 0 Å². The van der Waals surface area contributed by atoms with E-state index >= 15 is 0 Å². The summed E-state index contributed by atoms with van der Waals surface area (Å²) in [4.78, 5) is 13.7. The zero-order chi connectivity index (χ0) is 19.1. The van der Waals surface area contributed by atoms with Gasteiger partial charge < -0.3 is 15.4 Å². The number of alkyl halides is 1. The van der Waals surface area contributed by atoms with Crippen molar-refractivity contribution in [1.82, 2.24) is 29.9 Å². The lowest BCUT2D eigenvalue weighted by Gasteiger charge is -2.27. The smallest absolute Gasteiger partial charge is 0.223 e. The van der Waals surface area contributed by atoms with Crippen molar-refractivity contribution in [3.63, 3.8) is 0 Å². The average Bonchev–Trinajstić information content (AvgIpc) is 3.48. The van der Waals surface area contributed by atoms with E-state index in [1.165, 1.54) is 0 Å². The van der Waals surface area contributed by atoms with Crippen LogP contribution >= 0.6 is 0 Å². The molecule has 1 saturated heterocycles. The van der Waals surface area contributed by atoms with E-state index in [9.17, 15) is 4.39 Å². The highest BCUT2D eigenvalue weighted by Crippen LogP contribution is 2.43. The van der Waals surface area contributed by atoms with Gasteiger partial charge in [0.25, 0.3) is 0 Å². The lowest BCUT2D eigenvalue weighted by Crippen LogP contribution is -2.46. The summed E-state index contributed by atoms with van der Waals surface area (Å²) in [6.07, 6.45) is 7.10. The third-order valence-electron chi connectivity index (χ3n) is 5.32. The summed E-state index contributed by atoms with van der Waals surface area (Å²) in [7, 11) is 1.65. The number of ether oxygens (including phenoxy) is 1. The van der Waals surface area contributed by atoms with Gasteiger partial charge in [-0.25, -0.2) is 23.9 Å². The fourth-order valence-corrected chi connectivity index (χ4v) is 3.61. The highest BCUT2D eigenvalue weighted by molar-refractivity contribution is 5.75. The molecule has 1 aliphatic heterocycles. The molecule has 3 aromatic heterocycles. The standard InChI is InChI=1S/C19H22FN7O/c1-28-16-10-27-18(26-17(16)11-2-3-11)12(8-23-27)14-5-7-22-19(24-14)25-15-9-21-6-4-13(15)20/h5,7-8,10-11,13,15,21H,2-4,6,9H2,1H3,(H,22,24,25). The van der Waals surface area contributed by atoms with Gasteiger partial charge in [-0.2, -0.15) is 5.10 Å². The number of methoxy groups -OCH3 is 1. The Morgan fingerprint density at radius 2 is 2.18 bits per heavy atom. The van der Waals surface area contributed by atoms with Crippen LogP contribution in [0, 0.1) is 0 Å². The zero-order valence-electron chi connectivity index (χ0n) is 15.6. The van der Waals surface area contributed by atoms with E-state index in [0.29, 0.717) is 37.1 Å². The van der Waals surface area contributed by atoms with Crippen LogP contribution < -0.4 is 15.4 Å². The first kappa shape index (κ1) is 17.3. The van der Waals surface area contributed by atoms with Crippen molar-refractivity contribution >= 4 is 11.6 Å². The van der Waals surface area contributed by atoms with E-state index in [1.807, 2.05) is 12.3 Å². The fraction of sp³-hybridized carbons (Fsp3) is 0.474. The SMILES string of the molecule is COc1cn2ncc(-c3ccnc(NC4CNCCC4F)n3)c2nc1C1CC1. The second kappa shape index (κ2) is 6.97. The Kier molecular flexibility index (Phi) is 4.31. The number of rotatable bonds is 5. The Morgan fingerprint density at radius 3 is 2.96 bits per heavy atom. The minimum Gasteiger partial charge on any atom is -0.493 e. The largest absolute Gasteiger partial charge is 0.493 e. The number of hydrogen-bond donors (Lipinski definition) is 2. The maximum Gasteiger partial charge on any atom is 0.223 e. The van der Waals surface area contributed by atoms with Gasteiger partial charge in [0.15, 0.2) is 11.4 Å². The van der Waals surface area contributed by atoms with Crippen LogP contribution in [-0.2, 0) is 0 Å². The van der Waals surface area contributed by atoms with Crippen molar-refractivity contribution in [1.29, 1.82) is 0 Å². The van der Waals surface area contributed by atoms with Crippen molar-refractivity contribution < 1.29 is 9.13 Å². The average molecular weight is 383 g/mol. The van der Waals surface area contributed by atoms with Crippen LogP contribution in [0.4, 0.5) is 10.3 Å². The van der Waals surface area contributed by atoms with Gasteiger partial charge in [0.2, 0.25) is 5.95 Å². The van der Waals surface area contributed by atoms with Crippen LogP contribution in [0.15, 0.2) is 24.7 Å². The number of hydrogen-bond acceptors (Lipinski definition) is 7. The Morgan fingerprint density at radius 1 is 1.29 bits per heavy atom. The predicted octanol–water partition coefficient (Wildman–Crippen LogP) is 2.18. The molecule has 2 unspecified atom stereocenters. The van der Waals surface area contributed by atoms with Gasteiger partial charge in [0.05, 0.1) is 42.5 Å². The first-order valence-electron chi connectivity index (χ1n) is 9.60. The number of aromatic nitrogens is 5. The quantitative estimate of drug-likeness (QED) is 0.698. The second-order valence-electron chi connectivity index (χ2n) is 7.32. The normalized spacial score (nSPS) is 22.4. The number of nitrogens with one attached hydrogen (secondary N) is 2. The highest BCUT2D eigenvalue weighted by Gasteiger charge is 2.30. The molecule has 8 nitrogen and oxygen atoms in total. The molecular weight excluding hydrogens is 361 g/mol. The first-order valence-corrected chi connectivity index (χ1v) is 9.60. The van der Waals surface area contributed by atoms with Gasteiger partial charge in [-0.3, -0.25) is 0 Å². The number of fused-ring (bicyclic) bond motifs is 1. The minimum absolute atomic E-state index is 0.336. The molecule has 0 spiro atoms. The van der Waals surface area contributed by atoms with E-state index in [2.05, 4.69) is 25.7 Å².